The molecule has 0 amide bonds. The van der Waals surface area contributed by atoms with Crippen LogP contribution in [0, 0.1) is 13.8 Å². The van der Waals surface area contributed by atoms with E-state index in [-0.39, 0.29) is 5.38 Å². The van der Waals surface area contributed by atoms with Crippen molar-refractivity contribution in [1.82, 2.24) is 0 Å². The van der Waals surface area contributed by atoms with E-state index in [0.717, 1.165) is 30.8 Å². The molecule has 0 radical (unpaired) electrons. The van der Waals surface area contributed by atoms with Crippen LogP contribution in [0.4, 0.5) is 0 Å². The molecule has 0 saturated carbocycles. The minimum atomic E-state index is -0.0953. The highest BCUT2D eigenvalue weighted by molar-refractivity contribution is 6.22. The van der Waals surface area contributed by atoms with Gasteiger partial charge in [-0.1, -0.05) is 35.9 Å². The average Bonchev–Trinajstić information content (AvgIpc) is 2.48. The molecule has 3 rings (SSSR count). The largest absolute Gasteiger partial charge is 0.493 e. The van der Waals surface area contributed by atoms with E-state index < -0.39 is 0 Å². The van der Waals surface area contributed by atoms with E-state index in [1.54, 1.807) is 0 Å². The van der Waals surface area contributed by atoms with E-state index >= 15 is 0 Å². The SMILES string of the molecule is Cc1ccc(C)c(C(Cl)c2ccc3c(c2)CCCO3)c1. The molecule has 2 heteroatoms. The average molecular weight is 287 g/mol. The number of fused-ring (bicyclic) bond motifs is 1. The fraction of sp³-hybridized carbons (Fsp3) is 0.333. The highest BCUT2D eigenvalue weighted by Gasteiger charge is 2.17. The Labute approximate surface area is 125 Å². The normalized spacial score (nSPS) is 15.3. The highest BCUT2D eigenvalue weighted by atomic mass is 35.5. The molecule has 0 aliphatic carbocycles. The number of ether oxygens (including phenoxy) is 1. The number of rotatable bonds is 2. The Kier molecular flexibility index (Phi) is 3.71. The lowest BCUT2D eigenvalue weighted by Gasteiger charge is -2.20. The van der Waals surface area contributed by atoms with Gasteiger partial charge in [-0.2, -0.15) is 0 Å². The molecule has 2 aromatic rings. The Balaban J connectivity index is 1.97. The summed E-state index contributed by atoms with van der Waals surface area (Å²) in [4.78, 5) is 0. The Bertz CT molecular complexity index is 633. The predicted molar refractivity (Wildman–Crippen MR) is 83.9 cm³/mol. The lowest BCUT2D eigenvalue weighted by molar-refractivity contribution is 0.288. The second-order valence-corrected chi connectivity index (χ2v) is 5.98. The van der Waals surface area contributed by atoms with Crippen LogP contribution in [0.5, 0.6) is 5.75 Å². The van der Waals surface area contributed by atoms with E-state index in [0.29, 0.717) is 0 Å². The third-order valence-electron chi connectivity index (χ3n) is 3.93. The van der Waals surface area contributed by atoms with E-state index in [1.165, 1.54) is 22.3 Å². The van der Waals surface area contributed by atoms with Crippen molar-refractivity contribution in [2.75, 3.05) is 6.61 Å². The Hall–Kier alpha value is -1.47. The second-order valence-electron chi connectivity index (χ2n) is 5.54. The fourth-order valence-corrected chi connectivity index (χ4v) is 3.12. The fourth-order valence-electron chi connectivity index (χ4n) is 2.75. The second kappa shape index (κ2) is 5.49. The molecule has 1 unspecified atom stereocenters. The molecule has 0 N–H and O–H groups in total. The lowest BCUT2D eigenvalue weighted by atomic mass is 9.95. The zero-order chi connectivity index (χ0) is 14.1. The first-order valence-electron chi connectivity index (χ1n) is 7.12. The van der Waals surface area contributed by atoms with Gasteiger partial charge in [0.1, 0.15) is 5.75 Å². The summed E-state index contributed by atoms with van der Waals surface area (Å²) in [5.41, 5.74) is 6.12. The number of hydrogen-bond acceptors (Lipinski definition) is 1. The smallest absolute Gasteiger partial charge is 0.122 e. The van der Waals surface area contributed by atoms with Gasteiger partial charge in [0.25, 0.3) is 0 Å². The summed E-state index contributed by atoms with van der Waals surface area (Å²) < 4.78 is 5.66. The molecule has 104 valence electrons. The van der Waals surface area contributed by atoms with Gasteiger partial charge in [0, 0.05) is 0 Å². The summed E-state index contributed by atoms with van der Waals surface area (Å²) in [5, 5.41) is -0.0953. The van der Waals surface area contributed by atoms with Crippen LogP contribution in [0.25, 0.3) is 0 Å². The highest BCUT2D eigenvalue weighted by Crippen LogP contribution is 2.35. The summed E-state index contributed by atoms with van der Waals surface area (Å²) in [6.07, 6.45) is 2.17. The van der Waals surface area contributed by atoms with Crippen molar-refractivity contribution in [2.45, 2.75) is 32.1 Å². The number of hydrogen-bond donors (Lipinski definition) is 0. The molecule has 0 saturated heterocycles. The first-order chi connectivity index (χ1) is 9.65. The molecule has 0 bridgehead atoms. The van der Waals surface area contributed by atoms with Crippen LogP contribution >= 0.6 is 11.6 Å². The topological polar surface area (TPSA) is 9.23 Å². The lowest BCUT2D eigenvalue weighted by Crippen LogP contribution is -2.09. The number of alkyl halides is 1. The molecule has 0 aromatic heterocycles. The molecular weight excluding hydrogens is 268 g/mol. The van der Waals surface area contributed by atoms with Gasteiger partial charge in [0.2, 0.25) is 0 Å². The van der Waals surface area contributed by atoms with Crippen molar-refractivity contribution in [3.63, 3.8) is 0 Å². The Morgan fingerprint density at radius 3 is 2.80 bits per heavy atom. The van der Waals surface area contributed by atoms with Gasteiger partial charge in [-0.3, -0.25) is 0 Å². The summed E-state index contributed by atoms with van der Waals surface area (Å²) in [7, 11) is 0. The van der Waals surface area contributed by atoms with E-state index in [1.807, 2.05) is 0 Å². The number of benzene rings is 2. The van der Waals surface area contributed by atoms with Gasteiger partial charge in [-0.15, -0.1) is 11.6 Å². The van der Waals surface area contributed by atoms with Gasteiger partial charge in [0.05, 0.1) is 12.0 Å². The molecule has 1 aliphatic rings. The molecule has 20 heavy (non-hydrogen) atoms. The van der Waals surface area contributed by atoms with Crippen LogP contribution in [0.15, 0.2) is 36.4 Å². The van der Waals surface area contributed by atoms with Crippen molar-refractivity contribution >= 4 is 11.6 Å². The van der Waals surface area contributed by atoms with Crippen LogP contribution in [-0.2, 0) is 6.42 Å². The molecule has 0 spiro atoms. The molecular formula is C18H19ClO. The first kappa shape index (κ1) is 13.5. The summed E-state index contributed by atoms with van der Waals surface area (Å²) in [5.74, 6) is 1.02. The van der Waals surface area contributed by atoms with Crippen LogP contribution in [0.2, 0.25) is 0 Å². The Morgan fingerprint density at radius 1 is 1.10 bits per heavy atom. The predicted octanol–water partition coefficient (Wildman–Crippen LogP) is 4.96. The zero-order valence-corrected chi connectivity index (χ0v) is 12.7. The van der Waals surface area contributed by atoms with Crippen LogP contribution in [0.1, 0.15) is 39.6 Å². The van der Waals surface area contributed by atoms with Crippen molar-refractivity contribution in [3.05, 3.63) is 64.2 Å². The van der Waals surface area contributed by atoms with E-state index in [2.05, 4.69) is 50.2 Å². The van der Waals surface area contributed by atoms with Gasteiger partial charge < -0.3 is 4.74 Å². The molecule has 1 aliphatic heterocycles. The van der Waals surface area contributed by atoms with Crippen molar-refractivity contribution in [1.29, 1.82) is 0 Å². The summed E-state index contributed by atoms with van der Waals surface area (Å²) >= 11 is 6.71. The molecule has 0 fully saturated rings. The maximum Gasteiger partial charge on any atom is 0.122 e. The van der Waals surface area contributed by atoms with Crippen molar-refractivity contribution < 1.29 is 4.74 Å². The van der Waals surface area contributed by atoms with Crippen LogP contribution in [0.3, 0.4) is 0 Å². The summed E-state index contributed by atoms with van der Waals surface area (Å²) in [6.45, 7) is 5.05. The van der Waals surface area contributed by atoms with Crippen LogP contribution < -0.4 is 4.74 Å². The van der Waals surface area contributed by atoms with Gasteiger partial charge >= 0.3 is 0 Å². The molecule has 2 aromatic carbocycles. The van der Waals surface area contributed by atoms with E-state index in [4.69, 9.17) is 16.3 Å². The summed E-state index contributed by atoms with van der Waals surface area (Å²) in [6, 6.07) is 12.8. The minimum Gasteiger partial charge on any atom is -0.493 e. The maximum absolute atomic E-state index is 6.71. The number of aryl methyl sites for hydroxylation is 3. The van der Waals surface area contributed by atoms with Gasteiger partial charge in [-0.05, 0) is 55.0 Å². The minimum absolute atomic E-state index is 0.0953. The maximum atomic E-state index is 6.71. The monoisotopic (exact) mass is 286 g/mol. The molecule has 1 atom stereocenters. The van der Waals surface area contributed by atoms with Gasteiger partial charge in [0.15, 0.2) is 0 Å². The van der Waals surface area contributed by atoms with Crippen molar-refractivity contribution in [3.8, 4) is 5.75 Å². The first-order valence-corrected chi connectivity index (χ1v) is 7.55. The standard InChI is InChI=1S/C18H19ClO/c1-12-5-6-13(2)16(10-12)18(19)15-7-8-17-14(11-15)4-3-9-20-17/h5-8,10-11,18H,3-4,9H2,1-2H3. The van der Waals surface area contributed by atoms with E-state index in [9.17, 15) is 0 Å². The molecule has 1 nitrogen and oxygen atoms in total. The van der Waals surface area contributed by atoms with Crippen molar-refractivity contribution in [2.24, 2.45) is 0 Å². The van der Waals surface area contributed by atoms with Gasteiger partial charge in [-0.25, -0.2) is 0 Å². The van der Waals surface area contributed by atoms with Crippen LogP contribution in [-0.4, -0.2) is 6.61 Å². The quantitative estimate of drug-likeness (QED) is 0.709. The third kappa shape index (κ3) is 2.55. The Morgan fingerprint density at radius 2 is 1.95 bits per heavy atom. The zero-order valence-electron chi connectivity index (χ0n) is 11.9. The molecule has 1 heterocycles. The number of halogens is 1. The third-order valence-corrected chi connectivity index (χ3v) is 4.42.